The van der Waals surface area contributed by atoms with E-state index in [-0.39, 0.29) is 21.3 Å². The molecule has 1 aromatic heterocycles. The Hall–Kier alpha value is -1.35. The minimum Gasteiger partial charge on any atom is -0.389 e. The Morgan fingerprint density at radius 3 is 2.60 bits per heavy atom. The zero-order valence-electron chi connectivity index (χ0n) is 10.2. The van der Waals surface area contributed by atoms with Crippen molar-refractivity contribution in [3.63, 3.8) is 0 Å². The van der Waals surface area contributed by atoms with E-state index in [1.54, 1.807) is 18.2 Å². The van der Waals surface area contributed by atoms with Crippen molar-refractivity contribution in [3.05, 3.63) is 52.7 Å². The average Bonchev–Trinajstić information content (AvgIpc) is 2.88. The van der Waals surface area contributed by atoms with E-state index >= 15 is 0 Å². The second kappa shape index (κ2) is 5.96. The van der Waals surface area contributed by atoms with Crippen molar-refractivity contribution in [2.45, 2.75) is 10.8 Å². The maximum absolute atomic E-state index is 13.4. The molecular weight excluding hydrogens is 319 g/mol. The highest BCUT2D eigenvalue weighted by Crippen LogP contribution is 2.21. The van der Waals surface area contributed by atoms with Crippen LogP contribution < -0.4 is 10.5 Å². The molecule has 0 aliphatic rings. The molecular formula is C12H11FN2O2S3. The molecule has 0 radical (unpaired) electrons. The third-order valence-corrected chi connectivity index (χ3v) is 5.86. The number of hydrogen-bond acceptors (Lipinski definition) is 4. The van der Waals surface area contributed by atoms with Crippen LogP contribution in [0, 0.1) is 5.82 Å². The van der Waals surface area contributed by atoms with Crippen LogP contribution in [0.15, 0.2) is 40.6 Å². The second-order valence-electron chi connectivity index (χ2n) is 3.90. The molecule has 2 rings (SSSR count). The number of nitrogens with one attached hydrogen (secondary N) is 1. The van der Waals surface area contributed by atoms with E-state index in [4.69, 9.17) is 18.0 Å². The Kier molecular flexibility index (Phi) is 4.48. The van der Waals surface area contributed by atoms with Crippen molar-refractivity contribution in [3.8, 4) is 0 Å². The third kappa shape index (κ3) is 3.40. The van der Waals surface area contributed by atoms with Crippen LogP contribution >= 0.6 is 23.6 Å². The van der Waals surface area contributed by atoms with E-state index in [1.165, 1.54) is 18.2 Å². The number of halogens is 1. The predicted octanol–water partition coefficient (Wildman–Crippen LogP) is 2.00. The fourth-order valence-corrected chi connectivity index (χ4v) is 3.89. The average molecular weight is 330 g/mol. The molecule has 106 valence electrons. The van der Waals surface area contributed by atoms with Gasteiger partial charge in [-0.05, 0) is 18.2 Å². The quantitative estimate of drug-likeness (QED) is 0.823. The molecule has 3 N–H and O–H groups in total. The van der Waals surface area contributed by atoms with Crippen molar-refractivity contribution in [2.75, 3.05) is 0 Å². The maximum Gasteiger partial charge on any atom is 0.250 e. The summed E-state index contributed by atoms with van der Waals surface area (Å²) in [5.41, 5.74) is 5.71. The van der Waals surface area contributed by atoms with Gasteiger partial charge in [0.1, 0.15) is 15.0 Å². The van der Waals surface area contributed by atoms with Crippen LogP contribution in [0.5, 0.6) is 0 Å². The minimum absolute atomic E-state index is 0.0941. The lowest BCUT2D eigenvalue weighted by molar-refractivity contribution is 0.576. The van der Waals surface area contributed by atoms with E-state index in [1.807, 2.05) is 0 Å². The van der Waals surface area contributed by atoms with Crippen molar-refractivity contribution < 1.29 is 12.8 Å². The maximum atomic E-state index is 13.4. The lowest BCUT2D eigenvalue weighted by Crippen LogP contribution is -2.22. The van der Waals surface area contributed by atoms with Gasteiger partial charge in [0.2, 0.25) is 10.0 Å². The van der Waals surface area contributed by atoms with Crippen molar-refractivity contribution >= 4 is 38.6 Å². The van der Waals surface area contributed by atoms with Gasteiger partial charge in [-0.1, -0.05) is 30.4 Å². The largest absolute Gasteiger partial charge is 0.389 e. The summed E-state index contributed by atoms with van der Waals surface area (Å²) >= 11 is 5.76. The molecule has 1 heterocycles. The van der Waals surface area contributed by atoms with E-state index in [2.05, 4.69) is 4.72 Å². The SMILES string of the molecule is NC(=S)c1ccc(S(=O)(=O)NCc2ccccc2F)s1. The molecule has 0 spiro atoms. The van der Waals surface area contributed by atoms with Crippen LogP contribution in [-0.2, 0) is 16.6 Å². The zero-order valence-corrected chi connectivity index (χ0v) is 12.6. The Balaban J connectivity index is 2.15. The summed E-state index contributed by atoms with van der Waals surface area (Å²) in [6.45, 7) is -0.116. The molecule has 8 heteroatoms. The summed E-state index contributed by atoms with van der Waals surface area (Å²) in [7, 11) is -3.70. The van der Waals surface area contributed by atoms with Gasteiger partial charge in [-0.2, -0.15) is 0 Å². The van der Waals surface area contributed by atoms with Gasteiger partial charge in [0.05, 0.1) is 4.88 Å². The van der Waals surface area contributed by atoms with Crippen molar-refractivity contribution in [1.82, 2.24) is 4.72 Å². The molecule has 20 heavy (non-hydrogen) atoms. The highest BCUT2D eigenvalue weighted by Gasteiger charge is 2.17. The highest BCUT2D eigenvalue weighted by molar-refractivity contribution is 7.91. The first-order valence-corrected chi connectivity index (χ1v) is 8.23. The van der Waals surface area contributed by atoms with Crippen LogP contribution in [0.2, 0.25) is 0 Å². The molecule has 2 aromatic rings. The number of hydrogen-bond donors (Lipinski definition) is 2. The molecule has 0 fully saturated rings. The van der Waals surface area contributed by atoms with Gasteiger partial charge in [-0.25, -0.2) is 17.5 Å². The number of benzene rings is 1. The van der Waals surface area contributed by atoms with Gasteiger partial charge >= 0.3 is 0 Å². The summed E-state index contributed by atoms with van der Waals surface area (Å²) in [5, 5.41) is 0. The summed E-state index contributed by atoms with van der Waals surface area (Å²) in [6, 6.07) is 8.95. The summed E-state index contributed by atoms with van der Waals surface area (Å²) in [5.74, 6) is -0.454. The molecule has 0 saturated carbocycles. The first-order valence-electron chi connectivity index (χ1n) is 5.53. The van der Waals surface area contributed by atoms with Gasteiger partial charge in [0.15, 0.2) is 0 Å². The molecule has 0 amide bonds. The van der Waals surface area contributed by atoms with Gasteiger partial charge in [-0.15, -0.1) is 11.3 Å². The van der Waals surface area contributed by atoms with Gasteiger partial charge in [0, 0.05) is 12.1 Å². The number of sulfonamides is 1. The summed E-state index contributed by atoms with van der Waals surface area (Å²) < 4.78 is 39.9. The van der Waals surface area contributed by atoms with E-state index in [0.29, 0.717) is 4.88 Å². The Labute approximate surface area is 125 Å². The van der Waals surface area contributed by atoms with E-state index in [0.717, 1.165) is 11.3 Å². The third-order valence-electron chi connectivity index (χ3n) is 2.50. The molecule has 0 atom stereocenters. The molecule has 0 aliphatic carbocycles. The van der Waals surface area contributed by atoms with Gasteiger partial charge < -0.3 is 5.73 Å². The van der Waals surface area contributed by atoms with Crippen LogP contribution in [0.4, 0.5) is 4.39 Å². The van der Waals surface area contributed by atoms with Crippen molar-refractivity contribution in [1.29, 1.82) is 0 Å². The Morgan fingerprint density at radius 2 is 2.00 bits per heavy atom. The number of nitrogens with two attached hydrogens (primary N) is 1. The minimum atomic E-state index is -3.70. The Morgan fingerprint density at radius 1 is 1.30 bits per heavy atom. The fraction of sp³-hybridized carbons (Fsp3) is 0.0833. The summed E-state index contributed by atoms with van der Waals surface area (Å²) in [4.78, 5) is 0.664. The smallest absolute Gasteiger partial charge is 0.250 e. The Bertz CT molecular complexity index is 741. The number of thiophene rings is 1. The molecule has 0 saturated heterocycles. The lowest BCUT2D eigenvalue weighted by atomic mass is 10.2. The van der Waals surface area contributed by atoms with E-state index in [9.17, 15) is 12.8 Å². The first-order chi connectivity index (χ1) is 9.40. The molecule has 4 nitrogen and oxygen atoms in total. The van der Waals surface area contributed by atoms with Crippen LogP contribution in [0.25, 0.3) is 0 Å². The number of rotatable bonds is 5. The van der Waals surface area contributed by atoms with Crippen molar-refractivity contribution in [2.24, 2.45) is 5.73 Å². The highest BCUT2D eigenvalue weighted by atomic mass is 32.2. The second-order valence-corrected chi connectivity index (χ2v) is 7.42. The molecule has 0 unspecified atom stereocenters. The van der Waals surface area contributed by atoms with E-state index < -0.39 is 15.8 Å². The molecule has 0 aliphatic heterocycles. The topological polar surface area (TPSA) is 72.2 Å². The monoisotopic (exact) mass is 330 g/mol. The molecule has 1 aromatic carbocycles. The van der Waals surface area contributed by atoms with Gasteiger partial charge in [0.25, 0.3) is 0 Å². The zero-order chi connectivity index (χ0) is 14.8. The standard InChI is InChI=1S/C12H11FN2O2S3/c13-9-4-2-1-3-8(9)7-15-20(16,17)11-6-5-10(19-11)12(14)18/h1-6,15H,7H2,(H2,14,18). The molecule has 0 bridgehead atoms. The van der Waals surface area contributed by atoms with Crippen LogP contribution in [0.3, 0.4) is 0 Å². The van der Waals surface area contributed by atoms with Gasteiger partial charge in [-0.3, -0.25) is 0 Å². The van der Waals surface area contributed by atoms with Crippen LogP contribution in [-0.4, -0.2) is 13.4 Å². The van der Waals surface area contributed by atoms with Crippen LogP contribution in [0.1, 0.15) is 10.4 Å². The fourth-order valence-electron chi connectivity index (χ4n) is 1.48. The lowest BCUT2D eigenvalue weighted by Gasteiger charge is -2.05. The normalized spacial score (nSPS) is 11.4. The predicted molar refractivity (Wildman–Crippen MR) is 80.6 cm³/mol. The number of thiocarbonyl (C=S) groups is 1. The first kappa shape index (κ1) is 15.0. The summed E-state index contributed by atoms with van der Waals surface area (Å²) in [6.07, 6.45) is 0.